The van der Waals surface area contributed by atoms with Crippen LogP contribution in [0, 0.1) is 0 Å². The van der Waals surface area contributed by atoms with Crippen LogP contribution in [-0.2, 0) is 22.5 Å². The molecule has 8 heteroatoms. The van der Waals surface area contributed by atoms with Crippen LogP contribution in [0.1, 0.15) is 30.7 Å². The molecule has 1 N–H and O–H groups in total. The number of aromatic nitrogens is 1. The van der Waals surface area contributed by atoms with Crippen LogP contribution in [-0.4, -0.2) is 55.2 Å². The van der Waals surface area contributed by atoms with Crippen LogP contribution in [0.2, 0.25) is 5.02 Å². The van der Waals surface area contributed by atoms with E-state index in [1.54, 1.807) is 12.3 Å². The Kier molecular flexibility index (Phi) is 9.17. The fourth-order valence-corrected chi connectivity index (χ4v) is 4.31. The summed E-state index contributed by atoms with van der Waals surface area (Å²) in [5, 5.41) is 3.56. The first kappa shape index (κ1) is 25.2. The zero-order valence-electron chi connectivity index (χ0n) is 20.0. The zero-order chi connectivity index (χ0) is 24.5. The molecule has 7 nitrogen and oxygen atoms in total. The highest BCUT2D eigenvalue weighted by Crippen LogP contribution is 2.28. The Labute approximate surface area is 211 Å². The van der Waals surface area contributed by atoms with Gasteiger partial charge >= 0.3 is 0 Å². The van der Waals surface area contributed by atoms with Crippen LogP contribution in [0.5, 0.6) is 5.75 Å². The topological polar surface area (TPSA) is 76.8 Å². The molecule has 3 aromatic rings. The number of ether oxygens (including phenoxy) is 2. The van der Waals surface area contributed by atoms with Crippen molar-refractivity contribution in [3.63, 3.8) is 0 Å². The molecule has 0 unspecified atom stereocenters. The number of halogens is 1. The Morgan fingerprint density at radius 1 is 1.20 bits per heavy atom. The van der Waals surface area contributed by atoms with Gasteiger partial charge in [0.2, 0.25) is 5.91 Å². The maximum atomic E-state index is 12.4. The SMILES string of the molecule is CN(CCOc1cccc(CNC(=O)CCc2ncc(-c3ccccc3Cl)o2)c1)C1CCOCC1. The Balaban J connectivity index is 1.18. The van der Waals surface area contributed by atoms with Crippen molar-refractivity contribution < 1.29 is 18.7 Å². The molecule has 35 heavy (non-hydrogen) atoms. The predicted molar refractivity (Wildman–Crippen MR) is 136 cm³/mol. The van der Waals surface area contributed by atoms with Gasteiger partial charge in [-0.25, -0.2) is 4.98 Å². The molecule has 2 heterocycles. The van der Waals surface area contributed by atoms with Gasteiger partial charge in [-0.2, -0.15) is 0 Å². The molecular formula is C27H32ClN3O4. The summed E-state index contributed by atoms with van der Waals surface area (Å²) in [6.07, 6.45) is 4.49. The molecule has 186 valence electrons. The molecule has 1 aliphatic rings. The molecule has 1 saturated heterocycles. The van der Waals surface area contributed by atoms with Crippen molar-refractivity contribution in [1.29, 1.82) is 0 Å². The second-order valence-electron chi connectivity index (χ2n) is 8.69. The largest absolute Gasteiger partial charge is 0.492 e. The minimum atomic E-state index is -0.0631. The quantitative estimate of drug-likeness (QED) is 0.412. The minimum Gasteiger partial charge on any atom is -0.492 e. The summed E-state index contributed by atoms with van der Waals surface area (Å²) in [5.41, 5.74) is 1.78. The molecule has 1 amide bonds. The lowest BCUT2D eigenvalue weighted by atomic mass is 10.1. The van der Waals surface area contributed by atoms with Crippen molar-refractivity contribution in [2.24, 2.45) is 0 Å². The third-order valence-electron chi connectivity index (χ3n) is 6.17. The number of hydrogen-bond donors (Lipinski definition) is 1. The number of oxazole rings is 1. The van der Waals surface area contributed by atoms with E-state index in [2.05, 4.69) is 22.2 Å². The summed E-state index contributed by atoms with van der Waals surface area (Å²) < 4.78 is 17.2. The summed E-state index contributed by atoms with van der Waals surface area (Å²) >= 11 is 6.21. The van der Waals surface area contributed by atoms with Crippen LogP contribution in [0.15, 0.2) is 59.1 Å². The first-order valence-electron chi connectivity index (χ1n) is 12.0. The molecule has 0 bridgehead atoms. The van der Waals surface area contributed by atoms with Gasteiger partial charge in [-0.3, -0.25) is 9.69 Å². The van der Waals surface area contributed by atoms with Crippen molar-refractivity contribution in [2.75, 3.05) is 33.4 Å². The first-order chi connectivity index (χ1) is 17.1. The van der Waals surface area contributed by atoms with E-state index in [-0.39, 0.29) is 12.3 Å². The fraction of sp³-hybridized carbons (Fsp3) is 0.407. The summed E-state index contributed by atoms with van der Waals surface area (Å²) in [4.78, 5) is 19.0. The van der Waals surface area contributed by atoms with E-state index < -0.39 is 0 Å². The second kappa shape index (κ2) is 12.7. The maximum Gasteiger partial charge on any atom is 0.220 e. The lowest BCUT2D eigenvalue weighted by Crippen LogP contribution is -2.38. The van der Waals surface area contributed by atoms with E-state index in [0.717, 1.165) is 49.5 Å². The lowest BCUT2D eigenvalue weighted by molar-refractivity contribution is -0.121. The first-order valence-corrected chi connectivity index (χ1v) is 12.4. The predicted octanol–water partition coefficient (Wildman–Crippen LogP) is 4.73. The Morgan fingerprint density at radius 2 is 2.03 bits per heavy atom. The van der Waals surface area contributed by atoms with Gasteiger partial charge in [-0.15, -0.1) is 0 Å². The van der Waals surface area contributed by atoms with Gasteiger partial charge < -0.3 is 19.2 Å². The third kappa shape index (κ3) is 7.56. The fourth-order valence-electron chi connectivity index (χ4n) is 4.08. The monoisotopic (exact) mass is 497 g/mol. The van der Waals surface area contributed by atoms with Crippen molar-refractivity contribution in [2.45, 2.75) is 38.3 Å². The maximum absolute atomic E-state index is 12.4. The van der Waals surface area contributed by atoms with Crippen LogP contribution < -0.4 is 10.1 Å². The smallest absolute Gasteiger partial charge is 0.220 e. The number of aryl methyl sites for hydroxylation is 1. The van der Waals surface area contributed by atoms with Gasteiger partial charge in [-0.05, 0) is 49.7 Å². The number of carbonyl (C=O) groups is 1. The second-order valence-corrected chi connectivity index (χ2v) is 9.10. The number of benzene rings is 2. The van der Waals surface area contributed by atoms with Gasteiger partial charge in [0.1, 0.15) is 12.4 Å². The molecule has 2 aromatic carbocycles. The van der Waals surface area contributed by atoms with E-state index in [1.165, 1.54) is 0 Å². The highest BCUT2D eigenvalue weighted by molar-refractivity contribution is 6.33. The average Bonchev–Trinajstić information content (AvgIpc) is 3.36. The van der Waals surface area contributed by atoms with E-state index in [4.69, 9.17) is 25.5 Å². The zero-order valence-corrected chi connectivity index (χ0v) is 20.8. The van der Waals surface area contributed by atoms with Crippen LogP contribution >= 0.6 is 11.6 Å². The molecule has 0 saturated carbocycles. The normalized spacial score (nSPS) is 14.3. The molecule has 0 spiro atoms. The van der Waals surface area contributed by atoms with Crippen LogP contribution in [0.25, 0.3) is 11.3 Å². The number of amides is 1. The van der Waals surface area contributed by atoms with Crippen molar-refractivity contribution in [3.8, 4) is 17.1 Å². The Hall–Kier alpha value is -2.87. The molecule has 4 rings (SSSR count). The van der Waals surface area contributed by atoms with Crippen LogP contribution in [0.4, 0.5) is 0 Å². The van der Waals surface area contributed by atoms with E-state index >= 15 is 0 Å². The van der Waals surface area contributed by atoms with Gasteiger partial charge in [0.05, 0.1) is 11.2 Å². The molecule has 1 fully saturated rings. The number of nitrogens with zero attached hydrogens (tertiary/aromatic N) is 2. The summed E-state index contributed by atoms with van der Waals surface area (Å²) in [7, 11) is 2.14. The number of rotatable bonds is 11. The molecule has 1 aliphatic heterocycles. The number of likely N-dealkylation sites (N-methyl/N-ethyl adjacent to an activating group) is 1. The lowest BCUT2D eigenvalue weighted by Gasteiger charge is -2.31. The highest BCUT2D eigenvalue weighted by Gasteiger charge is 2.18. The molecule has 0 radical (unpaired) electrons. The van der Waals surface area contributed by atoms with E-state index in [0.29, 0.717) is 42.3 Å². The highest BCUT2D eigenvalue weighted by atomic mass is 35.5. The van der Waals surface area contributed by atoms with Crippen molar-refractivity contribution in [3.05, 3.63) is 71.2 Å². The van der Waals surface area contributed by atoms with E-state index in [1.807, 2.05) is 42.5 Å². The molecule has 0 atom stereocenters. The third-order valence-corrected chi connectivity index (χ3v) is 6.50. The number of nitrogens with one attached hydrogen (secondary N) is 1. The molecule has 1 aromatic heterocycles. The van der Waals surface area contributed by atoms with Crippen LogP contribution in [0.3, 0.4) is 0 Å². The minimum absolute atomic E-state index is 0.0631. The number of hydrogen-bond acceptors (Lipinski definition) is 6. The van der Waals surface area contributed by atoms with E-state index in [9.17, 15) is 4.79 Å². The molecule has 0 aliphatic carbocycles. The summed E-state index contributed by atoms with van der Waals surface area (Å²) in [6.45, 7) is 3.60. The number of carbonyl (C=O) groups excluding carboxylic acids is 1. The molecular weight excluding hydrogens is 466 g/mol. The standard InChI is InChI=1S/C27H32ClN3O4/c1-31(21-11-14-33-15-12-21)13-16-34-22-6-4-5-20(17-22)18-29-26(32)9-10-27-30-19-25(35-27)23-7-2-3-8-24(23)28/h2-8,17,19,21H,9-16,18H2,1H3,(H,29,32). The Morgan fingerprint density at radius 3 is 2.86 bits per heavy atom. The van der Waals surface area contributed by atoms with Gasteiger partial charge in [0.15, 0.2) is 11.7 Å². The average molecular weight is 498 g/mol. The van der Waals surface area contributed by atoms with Crippen molar-refractivity contribution in [1.82, 2.24) is 15.2 Å². The Bertz CT molecular complexity index is 1100. The van der Waals surface area contributed by atoms with Gasteiger partial charge in [-0.1, -0.05) is 35.9 Å². The van der Waals surface area contributed by atoms with Crippen molar-refractivity contribution >= 4 is 17.5 Å². The van der Waals surface area contributed by atoms with Gasteiger partial charge in [0.25, 0.3) is 0 Å². The summed E-state index contributed by atoms with van der Waals surface area (Å²) in [5.74, 6) is 1.86. The summed E-state index contributed by atoms with van der Waals surface area (Å²) in [6, 6.07) is 15.8. The van der Waals surface area contributed by atoms with Gasteiger partial charge in [0, 0.05) is 50.8 Å².